The Morgan fingerprint density at radius 3 is 2.55 bits per heavy atom. The van der Waals surface area contributed by atoms with Crippen molar-refractivity contribution in [3.63, 3.8) is 0 Å². The first kappa shape index (κ1) is 15.5. The van der Waals surface area contributed by atoms with Crippen molar-refractivity contribution in [3.05, 3.63) is 28.2 Å². The van der Waals surface area contributed by atoms with Crippen molar-refractivity contribution in [2.75, 3.05) is 19.5 Å². The van der Waals surface area contributed by atoms with Crippen LogP contribution in [0.3, 0.4) is 0 Å². The fourth-order valence-electron chi connectivity index (χ4n) is 2.05. The van der Waals surface area contributed by atoms with Crippen molar-refractivity contribution in [2.24, 2.45) is 0 Å². The van der Waals surface area contributed by atoms with E-state index < -0.39 is 9.84 Å². The standard InChI is InChI=1S/C13H16BrNO4S/c1-20(17,18)12-3-2-9(8-11(12)14)13(16)15-10-4-6-19-7-5-10/h2-3,8,10H,4-7H2,1H3,(H,15,16). The number of amides is 1. The number of carbonyl (C=O) groups is 1. The molecule has 110 valence electrons. The predicted molar refractivity (Wildman–Crippen MR) is 78.6 cm³/mol. The molecule has 20 heavy (non-hydrogen) atoms. The summed E-state index contributed by atoms with van der Waals surface area (Å²) in [6.07, 6.45) is 2.73. The van der Waals surface area contributed by atoms with Gasteiger partial charge in [0.15, 0.2) is 9.84 Å². The molecular formula is C13H16BrNO4S. The molecule has 1 aliphatic rings. The molecule has 1 aromatic carbocycles. The van der Waals surface area contributed by atoms with Gasteiger partial charge in [-0.15, -0.1) is 0 Å². The van der Waals surface area contributed by atoms with Crippen LogP contribution in [0.5, 0.6) is 0 Å². The molecule has 5 nitrogen and oxygen atoms in total. The molecule has 1 aromatic rings. The fraction of sp³-hybridized carbons (Fsp3) is 0.462. The van der Waals surface area contributed by atoms with Crippen LogP contribution < -0.4 is 5.32 Å². The number of hydrogen-bond acceptors (Lipinski definition) is 4. The molecule has 0 atom stereocenters. The van der Waals surface area contributed by atoms with Gasteiger partial charge in [-0.05, 0) is 47.0 Å². The average Bonchev–Trinajstić information content (AvgIpc) is 2.38. The van der Waals surface area contributed by atoms with E-state index in [0.29, 0.717) is 23.2 Å². The molecule has 1 amide bonds. The molecule has 7 heteroatoms. The van der Waals surface area contributed by atoms with E-state index in [-0.39, 0.29) is 16.8 Å². The fourth-order valence-corrected chi connectivity index (χ4v) is 4.04. The van der Waals surface area contributed by atoms with Crippen LogP contribution in [0.2, 0.25) is 0 Å². The maximum absolute atomic E-state index is 12.1. The Morgan fingerprint density at radius 1 is 1.35 bits per heavy atom. The Balaban J connectivity index is 2.13. The van der Waals surface area contributed by atoms with E-state index in [0.717, 1.165) is 19.1 Å². The van der Waals surface area contributed by atoms with Crippen molar-refractivity contribution < 1.29 is 17.9 Å². The number of rotatable bonds is 3. The van der Waals surface area contributed by atoms with Crippen molar-refractivity contribution in [3.8, 4) is 0 Å². The van der Waals surface area contributed by atoms with Gasteiger partial charge in [-0.2, -0.15) is 0 Å². The van der Waals surface area contributed by atoms with E-state index in [1.807, 2.05) is 0 Å². The molecule has 2 rings (SSSR count). The van der Waals surface area contributed by atoms with E-state index in [2.05, 4.69) is 21.2 Å². The number of ether oxygens (including phenoxy) is 1. The monoisotopic (exact) mass is 361 g/mol. The van der Waals surface area contributed by atoms with Crippen LogP contribution in [0.1, 0.15) is 23.2 Å². The molecule has 0 spiro atoms. The lowest BCUT2D eigenvalue weighted by Gasteiger charge is -2.23. The van der Waals surface area contributed by atoms with Gasteiger partial charge >= 0.3 is 0 Å². The molecule has 0 unspecified atom stereocenters. The third-order valence-corrected chi connectivity index (χ3v) is 5.22. The van der Waals surface area contributed by atoms with E-state index in [4.69, 9.17) is 4.74 Å². The zero-order valence-electron chi connectivity index (χ0n) is 11.1. The van der Waals surface area contributed by atoms with Gasteiger partial charge in [0.2, 0.25) is 0 Å². The lowest BCUT2D eigenvalue weighted by molar-refractivity contribution is 0.0696. The first-order valence-electron chi connectivity index (χ1n) is 6.26. The Bertz CT molecular complexity index is 609. The Hall–Kier alpha value is -0.920. The molecule has 1 aliphatic heterocycles. The zero-order valence-corrected chi connectivity index (χ0v) is 13.5. The van der Waals surface area contributed by atoms with Gasteiger partial charge in [0, 0.05) is 35.5 Å². The first-order chi connectivity index (χ1) is 9.38. The lowest BCUT2D eigenvalue weighted by Crippen LogP contribution is -2.38. The van der Waals surface area contributed by atoms with Crippen molar-refractivity contribution in [2.45, 2.75) is 23.8 Å². The van der Waals surface area contributed by atoms with Gasteiger partial charge in [0.05, 0.1) is 4.90 Å². The maximum Gasteiger partial charge on any atom is 0.251 e. The summed E-state index contributed by atoms with van der Waals surface area (Å²) >= 11 is 3.20. The van der Waals surface area contributed by atoms with E-state index in [1.165, 1.54) is 18.2 Å². The summed E-state index contributed by atoms with van der Waals surface area (Å²) < 4.78 is 28.7. The molecular weight excluding hydrogens is 346 g/mol. The van der Waals surface area contributed by atoms with Crippen molar-refractivity contribution >= 4 is 31.7 Å². The van der Waals surface area contributed by atoms with Crippen molar-refractivity contribution in [1.82, 2.24) is 5.32 Å². The smallest absolute Gasteiger partial charge is 0.251 e. The molecule has 0 aromatic heterocycles. The summed E-state index contributed by atoms with van der Waals surface area (Å²) in [5.41, 5.74) is 0.441. The second-order valence-corrected chi connectivity index (χ2v) is 7.62. The summed E-state index contributed by atoms with van der Waals surface area (Å²) in [5.74, 6) is -0.197. The second kappa shape index (κ2) is 6.24. The topological polar surface area (TPSA) is 72.5 Å². The Morgan fingerprint density at radius 2 is 2.00 bits per heavy atom. The van der Waals surface area contributed by atoms with E-state index in [1.54, 1.807) is 0 Å². The number of benzene rings is 1. The summed E-state index contributed by atoms with van der Waals surface area (Å²) in [5, 5.41) is 2.93. The highest BCUT2D eigenvalue weighted by molar-refractivity contribution is 9.10. The number of nitrogens with one attached hydrogen (secondary N) is 1. The van der Waals surface area contributed by atoms with Crippen LogP contribution in [-0.2, 0) is 14.6 Å². The summed E-state index contributed by atoms with van der Waals surface area (Å²) in [6.45, 7) is 1.31. The van der Waals surface area contributed by atoms with Crippen LogP contribution in [0.15, 0.2) is 27.6 Å². The average molecular weight is 362 g/mol. The molecule has 0 saturated carbocycles. The van der Waals surface area contributed by atoms with Gasteiger partial charge in [0.1, 0.15) is 0 Å². The quantitative estimate of drug-likeness (QED) is 0.890. The Labute approximate surface area is 126 Å². The normalized spacial score (nSPS) is 16.9. The first-order valence-corrected chi connectivity index (χ1v) is 8.94. The number of carbonyl (C=O) groups excluding carboxylic acids is 1. The van der Waals surface area contributed by atoms with Gasteiger partial charge in [-0.1, -0.05) is 0 Å². The van der Waals surface area contributed by atoms with Gasteiger partial charge in [-0.3, -0.25) is 4.79 Å². The largest absolute Gasteiger partial charge is 0.381 e. The SMILES string of the molecule is CS(=O)(=O)c1ccc(C(=O)NC2CCOCC2)cc1Br. The molecule has 0 radical (unpaired) electrons. The van der Waals surface area contributed by atoms with Gasteiger partial charge in [0.25, 0.3) is 5.91 Å². The van der Waals surface area contributed by atoms with Gasteiger partial charge in [-0.25, -0.2) is 8.42 Å². The van der Waals surface area contributed by atoms with Crippen LogP contribution in [0.25, 0.3) is 0 Å². The number of sulfone groups is 1. The third kappa shape index (κ3) is 3.80. The molecule has 1 fully saturated rings. The minimum atomic E-state index is -3.30. The zero-order chi connectivity index (χ0) is 14.8. The maximum atomic E-state index is 12.1. The molecule has 0 bridgehead atoms. The summed E-state index contributed by atoms with van der Waals surface area (Å²) in [6, 6.07) is 4.61. The summed E-state index contributed by atoms with van der Waals surface area (Å²) in [7, 11) is -3.30. The number of hydrogen-bond donors (Lipinski definition) is 1. The van der Waals surface area contributed by atoms with E-state index >= 15 is 0 Å². The minimum Gasteiger partial charge on any atom is -0.381 e. The van der Waals surface area contributed by atoms with Crippen LogP contribution in [-0.4, -0.2) is 39.8 Å². The lowest BCUT2D eigenvalue weighted by atomic mass is 10.1. The van der Waals surface area contributed by atoms with Gasteiger partial charge < -0.3 is 10.1 Å². The molecule has 1 N–H and O–H groups in total. The second-order valence-electron chi connectivity index (χ2n) is 4.78. The third-order valence-electron chi connectivity index (χ3n) is 3.15. The Kier molecular flexibility index (Phi) is 4.82. The predicted octanol–water partition coefficient (Wildman–Crippen LogP) is 1.76. The number of halogens is 1. The molecule has 1 heterocycles. The van der Waals surface area contributed by atoms with E-state index in [9.17, 15) is 13.2 Å². The van der Waals surface area contributed by atoms with Crippen molar-refractivity contribution in [1.29, 1.82) is 0 Å². The minimum absolute atomic E-state index is 0.115. The highest BCUT2D eigenvalue weighted by atomic mass is 79.9. The summed E-state index contributed by atoms with van der Waals surface area (Å²) in [4.78, 5) is 12.3. The highest BCUT2D eigenvalue weighted by Gasteiger charge is 2.19. The van der Waals surface area contributed by atoms with Crippen LogP contribution in [0.4, 0.5) is 0 Å². The molecule has 1 saturated heterocycles. The van der Waals surface area contributed by atoms with Crippen LogP contribution in [0, 0.1) is 0 Å². The van der Waals surface area contributed by atoms with Crippen LogP contribution >= 0.6 is 15.9 Å². The molecule has 0 aliphatic carbocycles. The highest BCUT2D eigenvalue weighted by Crippen LogP contribution is 2.23.